The summed E-state index contributed by atoms with van der Waals surface area (Å²) in [7, 11) is -3.16. The van der Waals surface area contributed by atoms with Crippen molar-refractivity contribution in [2.45, 2.75) is 38.5 Å². The van der Waals surface area contributed by atoms with Crippen LogP contribution >= 0.6 is 15.9 Å². The van der Waals surface area contributed by atoms with Gasteiger partial charge in [-0.3, -0.25) is 4.79 Å². The summed E-state index contributed by atoms with van der Waals surface area (Å²) < 4.78 is 43.9. The second kappa shape index (κ2) is 9.26. The maximum absolute atomic E-state index is 13.4. The Morgan fingerprint density at radius 1 is 1.28 bits per heavy atom. The normalized spacial score (nSPS) is 18.9. The van der Waals surface area contributed by atoms with Gasteiger partial charge >= 0.3 is 0 Å². The van der Waals surface area contributed by atoms with Gasteiger partial charge in [-0.25, -0.2) is 12.8 Å². The third-order valence-electron chi connectivity index (χ3n) is 4.91. The van der Waals surface area contributed by atoms with Crippen LogP contribution in [0.15, 0.2) is 53.0 Å². The molecule has 2 aromatic carbocycles. The molecule has 1 aliphatic rings. The van der Waals surface area contributed by atoms with Gasteiger partial charge in [0, 0.05) is 17.1 Å². The maximum atomic E-state index is 13.4. The number of nitrogens with zero attached hydrogens (tertiary/aromatic N) is 1. The molecule has 0 bridgehead atoms. The zero-order chi connectivity index (χ0) is 21.0. The van der Waals surface area contributed by atoms with E-state index < -0.39 is 22.0 Å². The van der Waals surface area contributed by atoms with Crippen LogP contribution in [0, 0.1) is 5.82 Å². The van der Waals surface area contributed by atoms with Gasteiger partial charge in [0.2, 0.25) is 0 Å². The largest absolute Gasteiger partial charge is 0.481 e. The fourth-order valence-electron chi connectivity index (χ4n) is 3.41. The van der Waals surface area contributed by atoms with Crippen molar-refractivity contribution in [3.8, 4) is 5.75 Å². The average Bonchev–Trinajstić information content (AvgIpc) is 3.04. The third-order valence-corrected chi connectivity index (χ3v) is 7.16. The van der Waals surface area contributed by atoms with E-state index in [1.807, 2.05) is 31.2 Å². The van der Waals surface area contributed by atoms with Crippen LogP contribution in [0.2, 0.25) is 0 Å². The van der Waals surface area contributed by atoms with Crippen LogP contribution in [0.5, 0.6) is 5.75 Å². The molecular weight excluding hydrogens is 461 g/mol. The van der Waals surface area contributed by atoms with E-state index in [1.54, 1.807) is 4.90 Å². The summed E-state index contributed by atoms with van der Waals surface area (Å²) in [6.07, 6.45) is 0.0376. The predicted molar refractivity (Wildman–Crippen MR) is 113 cm³/mol. The SMILES string of the molecule is CCC(Oc1ccc(F)cc1)C(=O)N(Cc1cccc(Br)c1)C1CCS(=O)(=O)C1. The molecule has 8 heteroatoms. The van der Waals surface area contributed by atoms with Crippen LogP contribution in [-0.4, -0.2) is 42.9 Å². The molecule has 29 heavy (non-hydrogen) atoms. The van der Waals surface area contributed by atoms with E-state index in [4.69, 9.17) is 4.74 Å². The Kier molecular flexibility index (Phi) is 6.95. The molecule has 0 spiro atoms. The second-order valence-corrected chi connectivity index (χ2v) is 10.3. The minimum Gasteiger partial charge on any atom is -0.481 e. The van der Waals surface area contributed by atoms with Crippen molar-refractivity contribution < 1.29 is 22.3 Å². The van der Waals surface area contributed by atoms with E-state index in [0.29, 0.717) is 25.1 Å². The van der Waals surface area contributed by atoms with Gasteiger partial charge in [-0.15, -0.1) is 0 Å². The Bertz CT molecular complexity index is 965. The summed E-state index contributed by atoms with van der Waals surface area (Å²) in [6, 6.07) is 12.7. The number of rotatable bonds is 7. The Hall–Kier alpha value is -1.93. The Morgan fingerprint density at radius 3 is 2.59 bits per heavy atom. The van der Waals surface area contributed by atoms with Crippen LogP contribution in [0.4, 0.5) is 4.39 Å². The molecule has 1 fully saturated rings. The molecule has 2 unspecified atom stereocenters. The Labute approximate surface area is 178 Å². The van der Waals surface area contributed by atoms with Crippen LogP contribution in [0.1, 0.15) is 25.3 Å². The summed E-state index contributed by atoms with van der Waals surface area (Å²) in [5, 5.41) is 0. The standard InChI is InChI=1S/C21H23BrFNO4S/c1-2-20(28-19-8-6-17(23)7-9-19)21(25)24(18-10-11-29(26,27)14-18)13-15-4-3-5-16(22)12-15/h3-9,12,18,20H,2,10-11,13-14H2,1H3. The maximum Gasteiger partial charge on any atom is 0.264 e. The molecule has 0 aliphatic carbocycles. The molecule has 1 saturated heterocycles. The number of ether oxygens (including phenoxy) is 1. The molecule has 0 radical (unpaired) electrons. The van der Waals surface area contributed by atoms with Crippen LogP contribution in [0.3, 0.4) is 0 Å². The van der Waals surface area contributed by atoms with E-state index in [-0.39, 0.29) is 23.2 Å². The number of benzene rings is 2. The highest BCUT2D eigenvalue weighted by Gasteiger charge is 2.37. The molecule has 2 atom stereocenters. The molecule has 0 aromatic heterocycles. The van der Waals surface area contributed by atoms with Crippen LogP contribution in [-0.2, 0) is 21.2 Å². The molecule has 1 heterocycles. The fraction of sp³-hybridized carbons (Fsp3) is 0.381. The topological polar surface area (TPSA) is 63.7 Å². The van der Waals surface area contributed by atoms with E-state index in [9.17, 15) is 17.6 Å². The molecule has 5 nitrogen and oxygen atoms in total. The van der Waals surface area contributed by atoms with Crippen molar-refractivity contribution in [3.63, 3.8) is 0 Å². The van der Waals surface area contributed by atoms with Gasteiger partial charge < -0.3 is 9.64 Å². The number of hydrogen-bond acceptors (Lipinski definition) is 4. The lowest BCUT2D eigenvalue weighted by Crippen LogP contribution is -2.47. The average molecular weight is 484 g/mol. The fourth-order valence-corrected chi connectivity index (χ4v) is 5.59. The third kappa shape index (κ3) is 5.79. The molecular formula is C21H23BrFNO4S. The number of carbonyl (C=O) groups excluding carboxylic acids is 1. The number of carbonyl (C=O) groups is 1. The van der Waals surface area contributed by atoms with E-state index in [2.05, 4.69) is 15.9 Å². The van der Waals surface area contributed by atoms with Crippen molar-refractivity contribution >= 4 is 31.7 Å². The van der Waals surface area contributed by atoms with E-state index in [1.165, 1.54) is 24.3 Å². The molecule has 3 rings (SSSR count). The van der Waals surface area contributed by atoms with Gasteiger partial charge in [0.05, 0.1) is 11.5 Å². The summed E-state index contributed by atoms with van der Waals surface area (Å²) in [5.74, 6) is -0.217. The lowest BCUT2D eigenvalue weighted by molar-refractivity contribution is -0.141. The van der Waals surface area contributed by atoms with Crippen molar-refractivity contribution in [1.82, 2.24) is 4.90 Å². The first-order valence-electron chi connectivity index (χ1n) is 9.45. The van der Waals surface area contributed by atoms with Crippen LogP contribution < -0.4 is 4.74 Å². The Morgan fingerprint density at radius 2 is 2.00 bits per heavy atom. The second-order valence-electron chi connectivity index (χ2n) is 7.12. The zero-order valence-electron chi connectivity index (χ0n) is 16.1. The molecule has 1 aliphatic heterocycles. The van der Waals surface area contributed by atoms with Crippen molar-refractivity contribution in [2.75, 3.05) is 11.5 Å². The molecule has 0 N–H and O–H groups in total. The number of halogens is 2. The minimum absolute atomic E-state index is 0.0419. The molecule has 0 saturated carbocycles. The summed E-state index contributed by atoms with van der Waals surface area (Å²) in [4.78, 5) is 15.0. The van der Waals surface area contributed by atoms with Gasteiger partial charge in [-0.05, 0) is 54.8 Å². The highest BCUT2D eigenvalue weighted by atomic mass is 79.9. The first kappa shape index (κ1) is 21.8. The molecule has 2 aromatic rings. The summed E-state index contributed by atoms with van der Waals surface area (Å²) >= 11 is 3.43. The lowest BCUT2D eigenvalue weighted by Gasteiger charge is -2.32. The van der Waals surface area contributed by atoms with Crippen molar-refractivity contribution in [1.29, 1.82) is 0 Å². The smallest absolute Gasteiger partial charge is 0.264 e. The summed E-state index contributed by atoms with van der Waals surface area (Å²) in [5.41, 5.74) is 0.897. The molecule has 156 valence electrons. The van der Waals surface area contributed by atoms with Crippen molar-refractivity contribution in [2.24, 2.45) is 0 Å². The van der Waals surface area contributed by atoms with Gasteiger partial charge in [0.15, 0.2) is 15.9 Å². The monoisotopic (exact) mass is 483 g/mol. The molecule has 1 amide bonds. The minimum atomic E-state index is -3.16. The first-order valence-corrected chi connectivity index (χ1v) is 12.1. The number of amides is 1. The highest BCUT2D eigenvalue weighted by molar-refractivity contribution is 9.10. The van der Waals surface area contributed by atoms with E-state index in [0.717, 1.165) is 10.0 Å². The van der Waals surface area contributed by atoms with Gasteiger partial charge in [0.25, 0.3) is 5.91 Å². The van der Waals surface area contributed by atoms with Gasteiger partial charge in [0.1, 0.15) is 11.6 Å². The predicted octanol–water partition coefficient (Wildman–Crippen LogP) is 3.96. The van der Waals surface area contributed by atoms with Crippen molar-refractivity contribution in [3.05, 3.63) is 64.4 Å². The summed E-state index contributed by atoms with van der Waals surface area (Å²) in [6.45, 7) is 2.12. The quantitative estimate of drug-likeness (QED) is 0.597. The zero-order valence-corrected chi connectivity index (χ0v) is 18.5. The van der Waals surface area contributed by atoms with Gasteiger partial charge in [-0.2, -0.15) is 0 Å². The Balaban J connectivity index is 1.84. The first-order chi connectivity index (χ1) is 13.8. The van der Waals surface area contributed by atoms with E-state index >= 15 is 0 Å². The number of hydrogen-bond donors (Lipinski definition) is 0. The number of sulfone groups is 1. The highest BCUT2D eigenvalue weighted by Crippen LogP contribution is 2.24. The lowest BCUT2D eigenvalue weighted by atomic mass is 10.1. The van der Waals surface area contributed by atoms with Gasteiger partial charge in [-0.1, -0.05) is 35.0 Å². The van der Waals surface area contributed by atoms with Crippen LogP contribution in [0.25, 0.3) is 0 Å².